The van der Waals surface area contributed by atoms with Crippen molar-refractivity contribution < 1.29 is 24.2 Å². The first-order valence-electron chi connectivity index (χ1n) is 18.6. The van der Waals surface area contributed by atoms with Gasteiger partial charge in [-0.05, 0) is 67.2 Å². The van der Waals surface area contributed by atoms with E-state index in [2.05, 4.69) is 59.7 Å². The van der Waals surface area contributed by atoms with Gasteiger partial charge in [0.15, 0.2) is 5.60 Å². The molecular formula is C41H50N6O5Si. The van der Waals surface area contributed by atoms with Crippen LogP contribution in [-0.4, -0.2) is 78.9 Å². The van der Waals surface area contributed by atoms with E-state index < -0.39 is 13.7 Å². The van der Waals surface area contributed by atoms with Crippen LogP contribution >= 0.6 is 0 Å². The second-order valence-electron chi connectivity index (χ2n) is 15.1. The molecule has 3 N–H and O–H groups in total. The second kappa shape index (κ2) is 15.0. The van der Waals surface area contributed by atoms with Gasteiger partial charge in [-0.2, -0.15) is 0 Å². The minimum Gasteiger partial charge on any atom is -0.497 e. The Kier molecular flexibility index (Phi) is 10.4. The van der Waals surface area contributed by atoms with E-state index in [-0.39, 0.29) is 47.9 Å². The Labute approximate surface area is 312 Å². The standard InChI is InChI=1S/C41H50N6O5Si/c1-6-22-47-36-19-14-29(43-39(49)34-13-10-21-42-34)24-33(36)41(40(47)50)27(2)38(53(4,5)31-17-15-30(51-3)16-18-31)37(52-41)20-23-46-25-35(44-45-46)32(26-48)28-11-8-7-9-12-28/h6-9,11-12,14-19,24-25,27,32,34,37-38,42,48H,1,10,13,20-23,26H2,2-5H3,(H,43,49)/t27-,32?,34+,37+,38-,41+/m0/s1. The minimum absolute atomic E-state index is 0.0230. The quantitative estimate of drug-likeness (QED) is 0.130. The first kappa shape index (κ1) is 36.7. The Balaban J connectivity index is 1.25. The predicted molar refractivity (Wildman–Crippen MR) is 208 cm³/mol. The molecule has 0 bridgehead atoms. The van der Waals surface area contributed by atoms with Gasteiger partial charge in [0.25, 0.3) is 5.91 Å². The largest absolute Gasteiger partial charge is 0.497 e. The molecule has 1 unspecified atom stereocenters. The number of carbonyl (C=O) groups excluding carboxylic acids is 2. The summed E-state index contributed by atoms with van der Waals surface area (Å²) >= 11 is 0. The summed E-state index contributed by atoms with van der Waals surface area (Å²) in [5, 5.41) is 26.8. The number of ether oxygens (including phenoxy) is 2. The zero-order valence-electron chi connectivity index (χ0n) is 31.0. The van der Waals surface area contributed by atoms with E-state index in [0.29, 0.717) is 30.9 Å². The van der Waals surface area contributed by atoms with Crippen molar-refractivity contribution in [3.63, 3.8) is 0 Å². The summed E-state index contributed by atoms with van der Waals surface area (Å²) in [6.45, 7) is 12.4. The van der Waals surface area contributed by atoms with Crippen molar-refractivity contribution in [2.24, 2.45) is 5.92 Å². The number of aliphatic hydroxyl groups excluding tert-OH is 1. The number of nitrogens with one attached hydrogen (secondary N) is 2. The Morgan fingerprint density at radius 3 is 2.64 bits per heavy atom. The maximum atomic E-state index is 14.9. The molecule has 3 aromatic carbocycles. The molecule has 4 heterocycles. The molecule has 2 amide bonds. The number of fused-ring (bicyclic) bond motifs is 2. The number of aliphatic hydroxyl groups is 1. The van der Waals surface area contributed by atoms with Gasteiger partial charge in [0, 0.05) is 36.5 Å². The number of anilines is 2. The summed E-state index contributed by atoms with van der Waals surface area (Å²) in [5.41, 5.74) is 2.63. The number of amides is 2. The Morgan fingerprint density at radius 1 is 1.19 bits per heavy atom. The van der Waals surface area contributed by atoms with Gasteiger partial charge in [0.1, 0.15) is 5.75 Å². The first-order chi connectivity index (χ1) is 25.6. The minimum atomic E-state index is -2.38. The zero-order valence-corrected chi connectivity index (χ0v) is 32.0. The molecule has 3 aliphatic heterocycles. The van der Waals surface area contributed by atoms with Crippen molar-refractivity contribution in [2.45, 2.75) is 75.0 Å². The average molecular weight is 735 g/mol. The van der Waals surface area contributed by atoms with E-state index in [1.165, 1.54) is 5.19 Å². The lowest BCUT2D eigenvalue weighted by Crippen LogP contribution is -2.52. The molecule has 0 saturated carbocycles. The van der Waals surface area contributed by atoms with Crippen molar-refractivity contribution in [1.82, 2.24) is 20.3 Å². The van der Waals surface area contributed by atoms with Crippen LogP contribution in [0.5, 0.6) is 5.75 Å². The third-order valence-electron chi connectivity index (χ3n) is 11.7. The van der Waals surface area contributed by atoms with Gasteiger partial charge in [-0.3, -0.25) is 14.3 Å². The van der Waals surface area contributed by atoms with Crippen LogP contribution in [0.25, 0.3) is 0 Å². The number of rotatable bonds is 13. The van der Waals surface area contributed by atoms with Crippen molar-refractivity contribution in [3.8, 4) is 5.75 Å². The Hall–Kier alpha value is -4.62. The van der Waals surface area contributed by atoms with Gasteiger partial charge in [0.05, 0.1) is 51.2 Å². The van der Waals surface area contributed by atoms with Gasteiger partial charge in [-0.25, -0.2) is 0 Å². The number of nitrogens with zero attached hydrogens (tertiary/aromatic N) is 4. The summed E-state index contributed by atoms with van der Waals surface area (Å²) < 4.78 is 14.6. The van der Waals surface area contributed by atoms with E-state index in [4.69, 9.17) is 9.47 Å². The van der Waals surface area contributed by atoms with E-state index in [9.17, 15) is 14.7 Å². The SMILES string of the molecule is C=CCN1C(=O)[C@]2(O[C@H](CCn3cc(C(CO)c4ccccc4)nn3)[C@@H]([Si](C)(C)c3ccc(OC)cc3)[C@@H]2C)c2cc(NC(=O)[C@H]3CCCN3)ccc21. The van der Waals surface area contributed by atoms with E-state index in [1.54, 1.807) is 18.1 Å². The van der Waals surface area contributed by atoms with Crippen LogP contribution < -0.4 is 25.5 Å². The number of benzene rings is 3. The van der Waals surface area contributed by atoms with Crippen molar-refractivity contribution in [1.29, 1.82) is 0 Å². The fourth-order valence-corrected chi connectivity index (χ4v) is 13.1. The fourth-order valence-electron chi connectivity index (χ4n) is 9.01. The van der Waals surface area contributed by atoms with Gasteiger partial charge < -0.3 is 30.1 Å². The molecule has 1 aromatic heterocycles. The maximum absolute atomic E-state index is 14.9. The third-order valence-corrected chi connectivity index (χ3v) is 16.1. The van der Waals surface area contributed by atoms with Crippen molar-refractivity contribution >= 4 is 36.4 Å². The molecule has 278 valence electrons. The molecule has 3 aliphatic rings. The van der Waals surface area contributed by atoms with Crippen LogP contribution in [0.3, 0.4) is 0 Å². The van der Waals surface area contributed by atoms with Gasteiger partial charge >= 0.3 is 0 Å². The zero-order chi connectivity index (χ0) is 37.3. The maximum Gasteiger partial charge on any atom is 0.264 e. The second-order valence-corrected chi connectivity index (χ2v) is 19.8. The molecule has 11 nitrogen and oxygen atoms in total. The van der Waals surface area contributed by atoms with Gasteiger partial charge in [-0.1, -0.05) is 79.0 Å². The predicted octanol–water partition coefficient (Wildman–Crippen LogP) is 4.94. The van der Waals surface area contributed by atoms with Crippen LogP contribution in [0, 0.1) is 5.92 Å². The van der Waals surface area contributed by atoms with Crippen molar-refractivity contribution in [2.75, 3.05) is 37.0 Å². The Bertz CT molecular complexity index is 1950. The molecule has 0 radical (unpaired) electrons. The number of hydrogen-bond donors (Lipinski definition) is 3. The molecule has 53 heavy (non-hydrogen) atoms. The molecule has 0 aliphatic carbocycles. The molecule has 1 spiro atoms. The fraction of sp³-hybridized carbons (Fsp3) is 0.415. The van der Waals surface area contributed by atoms with Crippen LogP contribution in [0.15, 0.2) is 91.6 Å². The molecule has 6 atom stereocenters. The lowest BCUT2D eigenvalue weighted by molar-refractivity contribution is -0.145. The van der Waals surface area contributed by atoms with Gasteiger partial charge in [-0.15, -0.1) is 11.7 Å². The lowest BCUT2D eigenvalue weighted by Gasteiger charge is -2.37. The highest BCUT2D eigenvalue weighted by Gasteiger charge is 2.66. The van der Waals surface area contributed by atoms with Crippen LogP contribution in [0.4, 0.5) is 11.4 Å². The average Bonchev–Trinajstić information content (AvgIpc) is 3.97. The Morgan fingerprint density at radius 2 is 1.96 bits per heavy atom. The van der Waals surface area contributed by atoms with E-state index in [0.717, 1.165) is 42.0 Å². The number of aromatic nitrogens is 3. The summed E-state index contributed by atoms with van der Waals surface area (Å²) in [6.07, 6.45) is 5.69. The summed E-state index contributed by atoms with van der Waals surface area (Å²) in [4.78, 5) is 29.9. The number of aryl methyl sites for hydroxylation is 1. The third kappa shape index (κ3) is 6.62. The summed E-state index contributed by atoms with van der Waals surface area (Å²) in [5.74, 6) is 0.124. The topological polar surface area (TPSA) is 131 Å². The molecule has 4 aromatic rings. The smallest absolute Gasteiger partial charge is 0.264 e. The monoisotopic (exact) mass is 734 g/mol. The van der Waals surface area contributed by atoms with Gasteiger partial charge in [0.2, 0.25) is 5.91 Å². The van der Waals surface area contributed by atoms with Crippen molar-refractivity contribution in [3.05, 3.63) is 108 Å². The van der Waals surface area contributed by atoms with Crippen LogP contribution in [0.2, 0.25) is 18.6 Å². The van der Waals surface area contributed by atoms with Crippen LogP contribution in [-0.2, 0) is 26.5 Å². The first-order valence-corrected chi connectivity index (χ1v) is 21.7. The highest BCUT2D eigenvalue weighted by molar-refractivity contribution is 6.91. The normalized spacial score (nSPS) is 24.4. The molecule has 12 heteroatoms. The molecule has 7 rings (SSSR count). The highest BCUT2D eigenvalue weighted by Crippen LogP contribution is 2.60. The van der Waals surface area contributed by atoms with E-state index in [1.807, 2.05) is 71.5 Å². The molecular weight excluding hydrogens is 685 g/mol. The van der Waals surface area contributed by atoms with E-state index >= 15 is 0 Å². The molecule has 2 saturated heterocycles. The molecule has 2 fully saturated rings. The summed E-state index contributed by atoms with van der Waals surface area (Å²) in [6, 6.07) is 23.7. The lowest BCUT2D eigenvalue weighted by atomic mass is 9.82. The van der Waals surface area contributed by atoms with Crippen LogP contribution in [0.1, 0.15) is 48.9 Å². The highest BCUT2D eigenvalue weighted by atomic mass is 28.3. The number of carbonyl (C=O) groups is 2. The number of hydrogen-bond acceptors (Lipinski definition) is 8. The number of methoxy groups -OCH3 is 1. The summed E-state index contributed by atoms with van der Waals surface area (Å²) in [7, 11) is -0.711.